The molecule has 0 spiro atoms. The summed E-state index contributed by atoms with van der Waals surface area (Å²) in [5, 5.41) is 13.0. The van der Waals surface area contributed by atoms with Crippen LogP contribution in [0.5, 0.6) is 0 Å². The topological polar surface area (TPSA) is 43.8 Å². The van der Waals surface area contributed by atoms with E-state index in [0.717, 1.165) is 19.5 Å². The van der Waals surface area contributed by atoms with E-state index in [0.29, 0.717) is 19.4 Å². The Morgan fingerprint density at radius 2 is 2.21 bits per heavy atom. The Kier molecular flexibility index (Phi) is 4.35. The number of hydrazine groups is 1. The highest BCUT2D eigenvalue weighted by molar-refractivity contribution is 5.77. The van der Waals surface area contributed by atoms with Crippen molar-refractivity contribution in [3.8, 4) is 0 Å². The molecule has 0 aromatic carbocycles. The number of amides is 1. The summed E-state index contributed by atoms with van der Waals surface area (Å²) >= 11 is 0. The Bertz CT molecular complexity index is 195. The van der Waals surface area contributed by atoms with Gasteiger partial charge in [0.1, 0.15) is 0 Å². The van der Waals surface area contributed by atoms with E-state index in [-0.39, 0.29) is 12.0 Å². The summed E-state index contributed by atoms with van der Waals surface area (Å²) in [6.45, 7) is 6.29. The predicted octanol–water partition coefficient (Wildman–Crippen LogP) is 0.617. The lowest BCUT2D eigenvalue weighted by molar-refractivity contribution is -0.138. The van der Waals surface area contributed by atoms with Gasteiger partial charge in [-0.25, -0.2) is 5.01 Å². The van der Waals surface area contributed by atoms with E-state index >= 15 is 0 Å². The van der Waals surface area contributed by atoms with Gasteiger partial charge in [-0.3, -0.25) is 9.80 Å². The van der Waals surface area contributed by atoms with Gasteiger partial charge in [0.25, 0.3) is 0 Å². The zero-order chi connectivity index (χ0) is 10.6. The van der Waals surface area contributed by atoms with E-state index in [9.17, 15) is 4.79 Å². The van der Waals surface area contributed by atoms with Crippen LogP contribution in [-0.4, -0.2) is 46.8 Å². The zero-order valence-electron chi connectivity index (χ0n) is 9.07. The van der Waals surface area contributed by atoms with Gasteiger partial charge in [-0.15, -0.1) is 0 Å². The molecule has 1 N–H and O–H groups in total. The molecule has 0 aliphatic carbocycles. The fourth-order valence-corrected chi connectivity index (χ4v) is 1.70. The van der Waals surface area contributed by atoms with Crippen LogP contribution in [0.25, 0.3) is 0 Å². The molecule has 1 heterocycles. The van der Waals surface area contributed by atoms with Gasteiger partial charge < -0.3 is 5.11 Å². The Morgan fingerprint density at radius 1 is 1.50 bits per heavy atom. The van der Waals surface area contributed by atoms with E-state index in [2.05, 4.69) is 11.9 Å². The molecule has 0 aromatic heterocycles. The molecule has 0 bridgehead atoms. The van der Waals surface area contributed by atoms with Crippen molar-refractivity contribution in [1.82, 2.24) is 10.0 Å². The maximum absolute atomic E-state index is 11.5. The highest BCUT2D eigenvalue weighted by Crippen LogP contribution is 2.13. The van der Waals surface area contributed by atoms with E-state index in [1.807, 2.05) is 0 Å². The Morgan fingerprint density at radius 3 is 2.79 bits per heavy atom. The van der Waals surface area contributed by atoms with Gasteiger partial charge >= 0.3 is 0 Å². The molecule has 1 rings (SSSR count). The molecule has 4 nitrogen and oxygen atoms in total. The van der Waals surface area contributed by atoms with Crippen LogP contribution in [0, 0.1) is 0 Å². The van der Waals surface area contributed by atoms with Crippen LogP contribution in [0.1, 0.15) is 33.1 Å². The normalized spacial score (nSPS) is 20.5. The quantitative estimate of drug-likeness (QED) is 0.707. The van der Waals surface area contributed by atoms with Crippen LogP contribution in [-0.2, 0) is 4.79 Å². The van der Waals surface area contributed by atoms with Crippen molar-refractivity contribution in [2.45, 2.75) is 39.2 Å². The SMILES string of the molecule is CCCN1CCC(=O)N1CCC(C)O. The second-order valence-corrected chi connectivity index (χ2v) is 3.86. The van der Waals surface area contributed by atoms with Crippen molar-refractivity contribution in [2.24, 2.45) is 0 Å². The number of rotatable bonds is 5. The summed E-state index contributed by atoms with van der Waals surface area (Å²) in [6, 6.07) is 0. The number of aliphatic hydroxyl groups is 1. The molecule has 1 aliphatic rings. The number of hydrogen-bond acceptors (Lipinski definition) is 3. The lowest BCUT2D eigenvalue weighted by Gasteiger charge is -2.27. The molecule has 0 aromatic rings. The molecule has 4 heteroatoms. The molecule has 0 saturated carbocycles. The van der Waals surface area contributed by atoms with Gasteiger partial charge in [-0.2, -0.15) is 0 Å². The van der Waals surface area contributed by atoms with Gasteiger partial charge in [-0.05, 0) is 19.8 Å². The third-order valence-corrected chi connectivity index (χ3v) is 2.45. The van der Waals surface area contributed by atoms with Crippen LogP contribution >= 0.6 is 0 Å². The molecule has 82 valence electrons. The zero-order valence-corrected chi connectivity index (χ0v) is 9.07. The summed E-state index contributed by atoms with van der Waals surface area (Å²) in [6.07, 6.45) is 2.01. The molecule has 1 aliphatic heterocycles. The average molecular weight is 200 g/mol. The maximum atomic E-state index is 11.5. The molecule has 1 fully saturated rings. The van der Waals surface area contributed by atoms with Crippen LogP contribution in [0.2, 0.25) is 0 Å². The number of hydrogen-bond donors (Lipinski definition) is 1. The maximum Gasteiger partial charge on any atom is 0.238 e. The Labute approximate surface area is 85.5 Å². The van der Waals surface area contributed by atoms with E-state index in [4.69, 9.17) is 5.11 Å². The van der Waals surface area contributed by atoms with Gasteiger partial charge in [0.05, 0.1) is 6.10 Å². The highest BCUT2D eigenvalue weighted by atomic mass is 16.3. The predicted molar refractivity (Wildman–Crippen MR) is 54.5 cm³/mol. The van der Waals surface area contributed by atoms with E-state index in [1.165, 1.54) is 0 Å². The van der Waals surface area contributed by atoms with Crippen LogP contribution in [0.3, 0.4) is 0 Å². The molecular weight excluding hydrogens is 180 g/mol. The summed E-state index contributed by atoms with van der Waals surface area (Å²) < 4.78 is 0. The molecule has 14 heavy (non-hydrogen) atoms. The van der Waals surface area contributed by atoms with Crippen molar-refractivity contribution in [3.63, 3.8) is 0 Å². The average Bonchev–Trinajstić information content (AvgIpc) is 2.45. The fourth-order valence-electron chi connectivity index (χ4n) is 1.70. The number of aliphatic hydroxyl groups excluding tert-OH is 1. The second-order valence-electron chi connectivity index (χ2n) is 3.86. The molecule has 1 atom stereocenters. The largest absolute Gasteiger partial charge is 0.393 e. The molecule has 1 saturated heterocycles. The minimum absolute atomic E-state index is 0.194. The summed E-state index contributed by atoms with van der Waals surface area (Å²) in [7, 11) is 0. The van der Waals surface area contributed by atoms with Gasteiger partial charge in [-0.1, -0.05) is 6.92 Å². The van der Waals surface area contributed by atoms with Crippen LogP contribution < -0.4 is 0 Å². The van der Waals surface area contributed by atoms with Gasteiger partial charge in [0.2, 0.25) is 5.91 Å². The van der Waals surface area contributed by atoms with Crippen molar-refractivity contribution < 1.29 is 9.90 Å². The number of carbonyl (C=O) groups excluding carboxylic acids is 1. The lowest BCUT2D eigenvalue weighted by atomic mass is 10.3. The Balaban J connectivity index is 2.41. The van der Waals surface area contributed by atoms with Crippen molar-refractivity contribution >= 4 is 5.91 Å². The Hall–Kier alpha value is -0.610. The summed E-state index contributed by atoms with van der Waals surface area (Å²) in [5.41, 5.74) is 0. The third-order valence-electron chi connectivity index (χ3n) is 2.45. The molecular formula is C10H20N2O2. The van der Waals surface area contributed by atoms with E-state index < -0.39 is 0 Å². The number of carbonyl (C=O) groups is 1. The first-order valence-corrected chi connectivity index (χ1v) is 5.38. The smallest absolute Gasteiger partial charge is 0.238 e. The van der Waals surface area contributed by atoms with Crippen LogP contribution in [0.4, 0.5) is 0 Å². The molecule has 1 amide bonds. The van der Waals surface area contributed by atoms with Crippen molar-refractivity contribution in [2.75, 3.05) is 19.6 Å². The first-order valence-electron chi connectivity index (χ1n) is 5.38. The number of nitrogens with zero attached hydrogens (tertiary/aromatic N) is 2. The first kappa shape index (κ1) is 11.5. The standard InChI is InChI=1S/C10H20N2O2/c1-3-6-11-7-5-10(14)12(11)8-4-9(2)13/h9,13H,3-8H2,1-2H3. The molecule has 0 radical (unpaired) electrons. The van der Waals surface area contributed by atoms with Crippen molar-refractivity contribution in [3.05, 3.63) is 0 Å². The summed E-state index contributed by atoms with van der Waals surface area (Å²) in [5.74, 6) is 0.194. The highest BCUT2D eigenvalue weighted by Gasteiger charge is 2.27. The van der Waals surface area contributed by atoms with Crippen LogP contribution in [0.15, 0.2) is 0 Å². The minimum atomic E-state index is -0.327. The third kappa shape index (κ3) is 2.96. The van der Waals surface area contributed by atoms with Gasteiger partial charge in [0, 0.05) is 26.1 Å². The van der Waals surface area contributed by atoms with E-state index in [1.54, 1.807) is 11.9 Å². The monoisotopic (exact) mass is 200 g/mol. The molecule has 1 unspecified atom stereocenters. The minimum Gasteiger partial charge on any atom is -0.393 e. The first-order chi connectivity index (χ1) is 6.65. The summed E-state index contributed by atoms with van der Waals surface area (Å²) in [4.78, 5) is 11.5. The van der Waals surface area contributed by atoms with Crippen molar-refractivity contribution in [1.29, 1.82) is 0 Å². The second kappa shape index (κ2) is 5.32. The van der Waals surface area contributed by atoms with Gasteiger partial charge in [0.15, 0.2) is 0 Å². The fraction of sp³-hybridized carbons (Fsp3) is 0.900. The lowest BCUT2D eigenvalue weighted by Crippen LogP contribution is -2.40.